The molecule has 0 spiro atoms. The standard InChI is InChI=1S/C18H15Cl2N3O/c1-12-2-5-14(6-3-12)18(24)21-17-8-9-23(22-17)11-13-4-7-15(19)16(20)10-13/h2-10H,11H2,1H3,(H,21,22,24). The minimum atomic E-state index is -0.185. The van der Waals surface area contributed by atoms with E-state index in [9.17, 15) is 4.79 Å². The Morgan fingerprint density at radius 3 is 2.54 bits per heavy atom. The lowest BCUT2D eigenvalue weighted by Crippen LogP contribution is -2.12. The molecule has 24 heavy (non-hydrogen) atoms. The van der Waals surface area contributed by atoms with Gasteiger partial charge in [-0.3, -0.25) is 9.48 Å². The number of hydrogen-bond acceptors (Lipinski definition) is 2. The summed E-state index contributed by atoms with van der Waals surface area (Å²) in [6.45, 7) is 2.52. The molecule has 3 aromatic rings. The first kappa shape index (κ1) is 16.6. The molecule has 0 aliphatic rings. The van der Waals surface area contributed by atoms with Crippen molar-refractivity contribution < 1.29 is 4.79 Å². The third-order valence-corrected chi connectivity index (χ3v) is 4.26. The normalized spacial score (nSPS) is 10.6. The average Bonchev–Trinajstić information content (AvgIpc) is 2.98. The van der Waals surface area contributed by atoms with Crippen LogP contribution in [0.5, 0.6) is 0 Å². The van der Waals surface area contributed by atoms with Crippen molar-refractivity contribution in [3.05, 3.63) is 81.5 Å². The fraction of sp³-hybridized carbons (Fsp3) is 0.111. The number of carbonyl (C=O) groups is 1. The van der Waals surface area contributed by atoms with E-state index >= 15 is 0 Å². The van der Waals surface area contributed by atoms with Crippen LogP contribution in [-0.2, 0) is 6.54 Å². The summed E-state index contributed by atoms with van der Waals surface area (Å²) in [5.74, 6) is 0.315. The first-order valence-electron chi connectivity index (χ1n) is 7.37. The van der Waals surface area contributed by atoms with Gasteiger partial charge in [-0.2, -0.15) is 5.10 Å². The van der Waals surface area contributed by atoms with Gasteiger partial charge in [0.1, 0.15) is 0 Å². The van der Waals surface area contributed by atoms with Gasteiger partial charge in [0.2, 0.25) is 0 Å². The maximum absolute atomic E-state index is 12.2. The summed E-state index contributed by atoms with van der Waals surface area (Å²) in [5.41, 5.74) is 2.68. The number of nitrogens with zero attached hydrogens (tertiary/aromatic N) is 2. The van der Waals surface area contributed by atoms with E-state index in [0.29, 0.717) is 28.0 Å². The molecule has 0 aliphatic carbocycles. The maximum atomic E-state index is 12.2. The zero-order valence-electron chi connectivity index (χ0n) is 13.0. The van der Waals surface area contributed by atoms with Crippen molar-refractivity contribution in [2.24, 2.45) is 0 Å². The number of benzene rings is 2. The van der Waals surface area contributed by atoms with E-state index in [1.54, 1.807) is 41.2 Å². The fourth-order valence-corrected chi connectivity index (χ4v) is 2.56. The van der Waals surface area contributed by atoms with E-state index in [2.05, 4.69) is 10.4 Å². The second kappa shape index (κ2) is 7.07. The molecule has 0 aliphatic heterocycles. The Kier molecular flexibility index (Phi) is 4.88. The van der Waals surface area contributed by atoms with E-state index < -0.39 is 0 Å². The molecule has 0 radical (unpaired) electrons. The molecular formula is C18H15Cl2N3O. The van der Waals surface area contributed by atoms with Crippen LogP contribution in [0.25, 0.3) is 0 Å². The zero-order valence-corrected chi connectivity index (χ0v) is 14.5. The van der Waals surface area contributed by atoms with Gasteiger partial charge in [0.25, 0.3) is 5.91 Å². The summed E-state index contributed by atoms with van der Waals surface area (Å²) in [7, 11) is 0. The second-order valence-corrected chi connectivity index (χ2v) is 6.28. The Hall–Kier alpha value is -2.30. The molecule has 4 nitrogen and oxygen atoms in total. The van der Waals surface area contributed by atoms with Crippen LogP contribution in [-0.4, -0.2) is 15.7 Å². The highest BCUT2D eigenvalue weighted by molar-refractivity contribution is 6.42. The lowest BCUT2D eigenvalue weighted by atomic mass is 10.1. The molecule has 1 amide bonds. The third kappa shape index (κ3) is 3.96. The van der Waals surface area contributed by atoms with Crippen LogP contribution in [0.1, 0.15) is 21.5 Å². The molecule has 0 bridgehead atoms. The lowest BCUT2D eigenvalue weighted by Gasteiger charge is -2.04. The van der Waals surface area contributed by atoms with Gasteiger partial charge in [-0.1, -0.05) is 47.0 Å². The Morgan fingerprint density at radius 2 is 1.83 bits per heavy atom. The number of aromatic nitrogens is 2. The van der Waals surface area contributed by atoms with Crippen LogP contribution in [0, 0.1) is 6.92 Å². The highest BCUT2D eigenvalue weighted by atomic mass is 35.5. The molecule has 1 aromatic heterocycles. The van der Waals surface area contributed by atoms with E-state index in [-0.39, 0.29) is 5.91 Å². The summed E-state index contributed by atoms with van der Waals surface area (Å²) < 4.78 is 1.73. The molecule has 122 valence electrons. The summed E-state index contributed by atoms with van der Waals surface area (Å²) in [6, 6.07) is 14.6. The highest BCUT2D eigenvalue weighted by Gasteiger charge is 2.08. The van der Waals surface area contributed by atoms with Crippen molar-refractivity contribution in [1.82, 2.24) is 9.78 Å². The molecule has 0 atom stereocenters. The highest BCUT2D eigenvalue weighted by Crippen LogP contribution is 2.23. The number of hydrogen-bond donors (Lipinski definition) is 1. The number of amides is 1. The number of carbonyl (C=O) groups excluding carboxylic acids is 1. The average molecular weight is 360 g/mol. The number of nitrogens with one attached hydrogen (secondary N) is 1. The minimum Gasteiger partial charge on any atom is -0.305 e. The lowest BCUT2D eigenvalue weighted by molar-refractivity contribution is 0.102. The van der Waals surface area contributed by atoms with Crippen molar-refractivity contribution in [3.63, 3.8) is 0 Å². The molecule has 6 heteroatoms. The second-order valence-electron chi connectivity index (χ2n) is 5.47. The van der Waals surface area contributed by atoms with Gasteiger partial charge < -0.3 is 5.32 Å². The van der Waals surface area contributed by atoms with E-state index in [0.717, 1.165) is 11.1 Å². The fourth-order valence-electron chi connectivity index (χ4n) is 2.23. The number of halogens is 2. The van der Waals surface area contributed by atoms with Crippen LogP contribution in [0.3, 0.4) is 0 Å². The number of anilines is 1. The van der Waals surface area contributed by atoms with Gasteiger partial charge >= 0.3 is 0 Å². The van der Waals surface area contributed by atoms with Gasteiger partial charge in [-0.25, -0.2) is 0 Å². The number of aryl methyl sites for hydroxylation is 1. The smallest absolute Gasteiger partial charge is 0.256 e. The third-order valence-electron chi connectivity index (χ3n) is 3.52. The van der Waals surface area contributed by atoms with Gasteiger partial charge in [-0.15, -0.1) is 0 Å². The predicted octanol–water partition coefficient (Wildman–Crippen LogP) is 4.80. The first-order valence-corrected chi connectivity index (χ1v) is 8.12. The summed E-state index contributed by atoms with van der Waals surface area (Å²) in [4.78, 5) is 12.2. The Balaban J connectivity index is 1.67. The molecule has 0 saturated carbocycles. The van der Waals surface area contributed by atoms with Gasteiger partial charge in [0.15, 0.2) is 5.82 Å². The monoisotopic (exact) mass is 359 g/mol. The van der Waals surface area contributed by atoms with E-state index in [1.165, 1.54) is 0 Å². The summed E-state index contributed by atoms with van der Waals surface area (Å²) in [5, 5.41) is 8.16. The minimum absolute atomic E-state index is 0.185. The largest absolute Gasteiger partial charge is 0.305 e. The molecule has 3 rings (SSSR count). The van der Waals surface area contributed by atoms with Gasteiger partial charge in [0, 0.05) is 17.8 Å². The van der Waals surface area contributed by atoms with Crippen molar-refractivity contribution in [2.75, 3.05) is 5.32 Å². The maximum Gasteiger partial charge on any atom is 0.256 e. The first-order chi connectivity index (χ1) is 11.5. The van der Waals surface area contributed by atoms with Crippen LogP contribution < -0.4 is 5.32 Å². The number of rotatable bonds is 4. The Morgan fingerprint density at radius 1 is 1.08 bits per heavy atom. The van der Waals surface area contributed by atoms with Crippen LogP contribution in [0.15, 0.2) is 54.7 Å². The van der Waals surface area contributed by atoms with Crippen molar-refractivity contribution in [3.8, 4) is 0 Å². The van der Waals surface area contributed by atoms with Crippen molar-refractivity contribution in [2.45, 2.75) is 13.5 Å². The van der Waals surface area contributed by atoms with Crippen LogP contribution in [0.2, 0.25) is 10.0 Å². The topological polar surface area (TPSA) is 46.9 Å². The summed E-state index contributed by atoms with van der Waals surface area (Å²) >= 11 is 11.9. The molecule has 0 saturated heterocycles. The van der Waals surface area contributed by atoms with Crippen molar-refractivity contribution >= 4 is 34.9 Å². The molecule has 0 unspecified atom stereocenters. The van der Waals surface area contributed by atoms with Crippen LogP contribution in [0.4, 0.5) is 5.82 Å². The molecule has 1 N–H and O–H groups in total. The van der Waals surface area contributed by atoms with Crippen LogP contribution >= 0.6 is 23.2 Å². The predicted molar refractivity (Wildman–Crippen MR) is 96.9 cm³/mol. The van der Waals surface area contributed by atoms with E-state index in [1.807, 2.05) is 25.1 Å². The molecule has 2 aromatic carbocycles. The Labute approximate surface area is 150 Å². The SMILES string of the molecule is Cc1ccc(C(=O)Nc2ccn(Cc3ccc(Cl)c(Cl)c3)n2)cc1. The molecule has 0 fully saturated rings. The molecule has 1 heterocycles. The Bertz CT molecular complexity index is 872. The quantitative estimate of drug-likeness (QED) is 0.727. The van der Waals surface area contributed by atoms with Gasteiger partial charge in [0.05, 0.1) is 16.6 Å². The van der Waals surface area contributed by atoms with E-state index in [4.69, 9.17) is 23.2 Å². The molecular weight excluding hydrogens is 345 g/mol. The van der Waals surface area contributed by atoms with Crippen molar-refractivity contribution in [1.29, 1.82) is 0 Å². The summed E-state index contributed by atoms with van der Waals surface area (Å²) in [6.07, 6.45) is 1.80. The zero-order chi connectivity index (χ0) is 17.1. The van der Waals surface area contributed by atoms with Gasteiger partial charge in [-0.05, 0) is 36.8 Å².